The fourth-order valence-electron chi connectivity index (χ4n) is 3.05. The van der Waals surface area contributed by atoms with Gasteiger partial charge in [0, 0.05) is 12.1 Å². The number of thioether (sulfide) groups is 1. The number of nitrogens with one attached hydrogen (secondary N) is 1. The van der Waals surface area contributed by atoms with Crippen LogP contribution in [0.2, 0.25) is 0 Å². The second-order valence-electron chi connectivity index (χ2n) is 6.80. The van der Waals surface area contributed by atoms with Gasteiger partial charge in [-0.05, 0) is 42.7 Å². The van der Waals surface area contributed by atoms with Crippen LogP contribution >= 0.6 is 11.8 Å². The van der Waals surface area contributed by atoms with Crippen LogP contribution in [-0.2, 0) is 17.8 Å². The van der Waals surface area contributed by atoms with Crippen molar-refractivity contribution in [1.29, 1.82) is 0 Å². The topological polar surface area (TPSA) is 90.6 Å². The molecule has 1 N–H and O–H groups in total. The van der Waals surface area contributed by atoms with Crippen LogP contribution in [0.15, 0.2) is 52.7 Å². The van der Waals surface area contributed by atoms with Crippen molar-refractivity contribution in [1.82, 2.24) is 20.2 Å². The zero-order valence-corrected chi connectivity index (χ0v) is 19.5. The number of hydrazone groups is 1. The molecule has 3 rings (SSSR count). The molecule has 8 nitrogen and oxygen atoms in total. The number of rotatable bonds is 10. The monoisotopic (exact) mass is 453 g/mol. The van der Waals surface area contributed by atoms with Crippen LogP contribution in [0, 0.1) is 0 Å². The van der Waals surface area contributed by atoms with E-state index in [0.717, 1.165) is 17.5 Å². The lowest BCUT2D eigenvalue weighted by Gasteiger charge is -2.10. The lowest BCUT2D eigenvalue weighted by atomic mass is 10.1. The van der Waals surface area contributed by atoms with E-state index in [-0.39, 0.29) is 11.7 Å². The number of aromatic nitrogens is 3. The van der Waals surface area contributed by atoms with Gasteiger partial charge in [0.05, 0.1) is 26.2 Å². The molecule has 1 amide bonds. The summed E-state index contributed by atoms with van der Waals surface area (Å²) < 4.78 is 12.6. The molecule has 2 aromatic carbocycles. The smallest absolute Gasteiger partial charge is 0.250 e. The summed E-state index contributed by atoms with van der Waals surface area (Å²) in [6.07, 6.45) is 2.62. The van der Waals surface area contributed by atoms with E-state index < -0.39 is 0 Å². The third kappa shape index (κ3) is 5.67. The Morgan fingerprint density at radius 1 is 1.09 bits per heavy atom. The zero-order valence-electron chi connectivity index (χ0n) is 18.7. The molecule has 0 unspecified atom stereocenters. The number of amides is 1. The molecule has 0 aliphatic carbocycles. The molecular weight excluding hydrogens is 426 g/mol. The van der Waals surface area contributed by atoms with Crippen molar-refractivity contribution in [2.75, 3.05) is 20.0 Å². The Bertz CT molecular complexity index is 1080. The van der Waals surface area contributed by atoms with E-state index in [9.17, 15) is 4.79 Å². The molecule has 0 atom stereocenters. The van der Waals surface area contributed by atoms with Crippen LogP contribution in [-0.4, -0.2) is 46.9 Å². The van der Waals surface area contributed by atoms with Gasteiger partial charge < -0.3 is 14.0 Å². The van der Waals surface area contributed by atoms with Gasteiger partial charge in [-0.3, -0.25) is 4.79 Å². The van der Waals surface area contributed by atoms with Gasteiger partial charge in [-0.2, -0.15) is 5.10 Å². The zero-order chi connectivity index (χ0) is 22.9. The number of carbonyl (C=O) groups excluding carboxylic acids is 1. The minimum atomic E-state index is -0.213. The Kier molecular flexibility index (Phi) is 8.27. The summed E-state index contributed by atoms with van der Waals surface area (Å²) in [6.45, 7) is 4.77. The molecule has 32 heavy (non-hydrogen) atoms. The predicted molar refractivity (Wildman–Crippen MR) is 127 cm³/mol. The molecule has 0 spiro atoms. The minimum absolute atomic E-state index is 0.177. The highest BCUT2D eigenvalue weighted by Gasteiger charge is 2.16. The lowest BCUT2D eigenvalue weighted by molar-refractivity contribution is -0.118. The van der Waals surface area contributed by atoms with Gasteiger partial charge in [0.1, 0.15) is 0 Å². The molecule has 3 aromatic rings. The molecule has 0 saturated heterocycles. The molecule has 0 aliphatic heterocycles. The summed E-state index contributed by atoms with van der Waals surface area (Å²) in [4.78, 5) is 12.2. The third-order valence-electron chi connectivity index (χ3n) is 4.80. The van der Waals surface area contributed by atoms with Gasteiger partial charge in [0.15, 0.2) is 22.5 Å². The first kappa shape index (κ1) is 23.3. The van der Waals surface area contributed by atoms with Crippen molar-refractivity contribution < 1.29 is 14.3 Å². The summed E-state index contributed by atoms with van der Waals surface area (Å²) in [5.74, 6) is 1.92. The minimum Gasteiger partial charge on any atom is -0.493 e. The number of ether oxygens (including phenoxy) is 2. The highest BCUT2D eigenvalue weighted by atomic mass is 32.2. The summed E-state index contributed by atoms with van der Waals surface area (Å²) in [5.41, 5.74) is 5.60. The molecule has 1 heterocycles. The van der Waals surface area contributed by atoms with Crippen molar-refractivity contribution in [3.63, 3.8) is 0 Å². The van der Waals surface area contributed by atoms with E-state index in [1.165, 1.54) is 17.3 Å². The van der Waals surface area contributed by atoms with Crippen LogP contribution < -0.4 is 14.9 Å². The Labute approximate surface area is 192 Å². The third-order valence-corrected chi connectivity index (χ3v) is 5.76. The SMILES string of the molecule is CCc1ccc(/C=N/NC(=O)CSc2nnc(-c3ccc(OC)c(OC)c3)n2CC)cc1. The van der Waals surface area contributed by atoms with Crippen molar-refractivity contribution in [3.8, 4) is 22.9 Å². The van der Waals surface area contributed by atoms with E-state index in [2.05, 4.69) is 27.6 Å². The highest BCUT2D eigenvalue weighted by Crippen LogP contribution is 2.32. The van der Waals surface area contributed by atoms with Crippen molar-refractivity contribution >= 4 is 23.9 Å². The molecule has 0 aliphatic rings. The first-order chi connectivity index (χ1) is 15.6. The fourth-order valence-corrected chi connectivity index (χ4v) is 3.84. The maximum Gasteiger partial charge on any atom is 0.250 e. The van der Waals surface area contributed by atoms with Crippen LogP contribution in [0.1, 0.15) is 25.0 Å². The van der Waals surface area contributed by atoms with Gasteiger partial charge in [-0.1, -0.05) is 43.0 Å². The Morgan fingerprint density at radius 2 is 1.84 bits per heavy atom. The van der Waals surface area contributed by atoms with E-state index in [4.69, 9.17) is 9.47 Å². The Balaban J connectivity index is 1.62. The van der Waals surface area contributed by atoms with E-state index in [1.54, 1.807) is 20.4 Å². The van der Waals surface area contributed by atoms with E-state index >= 15 is 0 Å². The number of carbonyl (C=O) groups is 1. The maximum absolute atomic E-state index is 12.2. The van der Waals surface area contributed by atoms with Crippen LogP contribution in [0.25, 0.3) is 11.4 Å². The summed E-state index contributed by atoms with van der Waals surface area (Å²) in [6, 6.07) is 13.6. The van der Waals surface area contributed by atoms with E-state index in [0.29, 0.717) is 29.0 Å². The molecular formula is C23H27N5O3S. The molecule has 0 radical (unpaired) electrons. The average Bonchev–Trinajstić information content (AvgIpc) is 3.25. The number of hydrogen-bond donors (Lipinski definition) is 1. The van der Waals surface area contributed by atoms with Gasteiger partial charge in [-0.15, -0.1) is 10.2 Å². The first-order valence-corrected chi connectivity index (χ1v) is 11.3. The normalized spacial score (nSPS) is 11.0. The standard InChI is InChI=1S/C23H27N5O3S/c1-5-16-7-9-17(10-8-16)14-24-25-21(29)15-32-23-27-26-22(28(23)6-2)18-11-12-19(30-3)20(13-18)31-4/h7-14H,5-6,15H2,1-4H3,(H,25,29)/b24-14+. The predicted octanol–water partition coefficient (Wildman–Crippen LogP) is 3.79. The fraction of sp³-hybridized carbons (Fsp3) is 0.304. The number of nitrogens with zero attached hydrogens (tertiary/aromatic N) is 4. The summed E-state index contributed by atoms with van der Waals surface area (Å²) in [5, 5.41) is 13.3. The Morgan fingerprint density at radius 3 is 2.50 bits per heavy atom. The van der Waals surface area contributed by atoms with E-state index in [1.807, 2.05) is 54.0 Å². The van der Waals surface area contributed by atoms with Crippen molar-refractivity contribution in [3.05, 3.63) is 53.6 Å². The molecule has 0 saturated carbocycles. The maximum atomic E-state index is 12.2. The van der Waals surface area contributed by atoms with Gasteiger partial charge in [-0.25, -0.2) is 5.43 Å². The number of hydrogen-bond acceptors (Lipinski definition) is 7. The Hall–Kier alpha value is -3.33. The second kappa shape index (κ2) is 11.3. The number of methoxy groups -OCH3 is 2. The molecule has 0 bridgehead atoms. The molecule has 1 aromatic heterocycles. The van der Waals surface area contributed by atoms with Gasteiger partial charge in [0.25, 0.3) is 5.91 Å². The van der Waals surface area contributed by atoms with Gasteiger partial charge >= 0.3 is 0 Å². The first-order valence-electron chi connectivity index (χ1n) is 10.3. The second-order valence-corrected chi connectivity index (χ2v) is 7.74. The quantitative estimate of drug-likeness (QED) is 0.285. The summed E-state index contributed by atoms with van der Waals surface area (Å²) >= 11 is 1.31. The van der Waals surface area contributed by atoms with Crippen molar-refractivity contribution in [2.24, 2.45) is 5.10 Å². The van der Waals surface area contributed by atoms with Gasteiger partial charge in [0.2, 0.25) is 0 Å². The molecule has 168 valence electrons. The van der Waals surface area contributed by atoms with Crippen LogP contribution in [0.3, 0.4) is 0 Å². The van der Waals surface area contributed by atoms with Crippen molar-refractivity contribution in [2.45, 2.75) is 32.0 Å². The average molecular weight is 454 g/mol. The van der Waals surface area contributed by atoms with Crippen LogP contribution in [0.5, 0.6) is 11.5 Å². The highest BCUT2D eigenvalue weighted by molar-refractivity contribution is 7.99. The number of aryl methyl sites for hydroxylation is 1. The summed E-state index contributed by atoms with van der Waals surface area (Å²) in [7, 11) is 3.19. The molecule has 0 fully saturated rings. The number of benzene rings is 2. The largest absolute Gasteiger partial charge is 0.493 e. The van der Waals surface area contributed by atoms with Crippen LogP contribution in [0.4, 0.5) is 0 Å². The molecule has 9 heteroatoms. The lowest BCUT2D eigenvalue weighted by Crippen LogP contribution is -2.20.